The Kier molecular flexibility index (Phi) is 6.11. The van der Waals surface area contributed by atoms with E-state index in [0.29, 0.717) is 16.1 Å². The molecule has 2 rings (SSSR count). The van der Waals surface area contributed by atoms with Crippen LogP contribution >= 0.6 is 0 Å². The second-order valence-electron chi connectivity index (χ2n) is 5.48. The number of hydrogen-bond donors (Lipinski definition) is 1. The summed E-state index contributed by atoms with van der Waals surface area (Å²) in [4.78, 5) is 23.6. The number of nitrogens with one attached hydrogen (secondary N) is 1. The van der Waals surface area contributed by atoms with Gasteiger partial charge in [0.2, 0.25) is 15.9 Å². The van der Waals surface area contributed by atoms with Crippen molar-refractivity contribution in [2.45, 2.75) is 0 Å². The third-order valence-corrected chi connectivity index (χ3v) is 4.58. The van der Waals surface area contributed by atoms with E-state index in [9.17, 15) is 26.8 Å². The summed E-state index contributed by atoms with van der Waals surface area (Å²) in [6.07, 6.45) is 0.800. The fourth-order valence-corrected chi connectivity index (χ4v) is 3.06. The van der Waals surface area contributed by atoms with E-state index in [2.05, 4.69) is 10.1 Å². The van der Waals surface area contributed by atoms with E-state index in [1.54, 1.807) is 0 Å². The zero-order valence-corrected chi connectivity index (χ0v) is 15.2. The SMILES string of the molecule is COC(=O)c1ccc(NC(=O)CN(c2ccc(F)cc2F)S(C)(=O)=O)cc1. The van der Waals surface area contributed by atoms with Crippen molar-refractivity contribution < 1.29 is 31.5 Å². The van der Waals surface area contributed by atoms with Crippen LogP contribution in [0.1, 0.15) is 10.4 Å². The molecule has 0 atom stereocenters. The smallest absolute Gasteiger partial charge is 0.337 e. The van der Waals surface area contributed by atoms with Crippen molar-refractivity contribution in [3.05, 3.63) is 59.7 Å². The molecule has 0 radical (unpaired) electrons. The summed E-state index contributed by atoms with van der Waals surface area (Å²) in [6, 6.07) is 8.02. The number of carbonyl (C=O) groups is 2. The van der Waals surface area contributed by atoms with Gasteiger partial charge in [0, 0.05) is 11.8 Å². The summed E-state index contributed by atoms with van der Waals surface area (Å²) in [6.45, 7) is -0.722. The highest BCUT2D eigenvalue weighted by Crippen LogP contribution is 2.22. The summed E-state index contributed by atoms with van der Waals surface area (Å²) < 4.78 is 56.0. The molecule has 0 unspecified atom stereocenters. The van der Waals surface area contributed by atoms with Gasteiger partial charge in [-0.1, -0.05) is 0 Å². The van der Waals surface area contributed by atoms with Gasteiger partial charge in [0.05, 0.1) is 24.6 Å². The highest BCUT2D eigenvalue weighted by atomic mass is 32.2. The molecule has 27 heavy (non-hydrogen) atoms. The van der Waals surface area contributed by atoms with Gasteiger partial charge >= 0.3 is 5.97 Å². The average Bonchev–Trinajstić information content (AvgIpc) is 2.59. The highest BCUT2D eigenvalue weighted by molar-refractivity contribution is 7.92. The molecule has 0 saturated heterocycles. The van der Waals surface area contributed by atoms with Gasteiger partial charge in [-0.15, -0.1) is 0 Å². The molecule has 0 spiro atoms. The number of amides is 1. The first-order valence-electron chi connectivity index (χ1n) is 7.53. The van der Waals surface area contributed by atoms with Gasteiger partial charge in [0.25, 0.3) is 0 Å². The minimum absolute atomic E-state index is 0.265. The molecule has 7 nitrogen and oxygen atoms in total. The van der Waals surface area contributed by atoms with Gasteiger partial charge < -0.3 is 10.1 Å². The third kappa shape index (κ3) is 5.23. The lowest BCUT2D eigenvalue weighted by Gasteiger charge is -2.22. The van der Waals surface area contributed by atoms with E-state index in [4.69, 9.17) is 0 Å². The number of halogens is 2. The Morgan fingerprint density at radius 3 is 2.26 bits per heavy atom. The molecule has 0 aliphatic carbocycles. The molecule has 1 N–H and O–H groups in total. The number of sulfonamides is 1. The average molecular weight is 398 g/mol. The Bertz CT molecular complexity index is 962. The summed E-state index contributed by atoms with van der Waals surface area (Å²) in [5.74, 6) is -3.30. The van der Waals surface area contributed by atoms with Crippen LogP contribution in [0.4, 0.5) is 20.2 Å². The molecule has 2 aromatic rings. The molecule has 0 aromatic heterocycles. The fraction of sp³-hybridized carbons (Fsp3) is 0.176. The molecule has 0 aliphatic heterocycles. The van der Waals surface area contributed by atoms with Gasteiger partial charge in [0.15, 0.2) is 0 Å². The van der Waals surface area contributed by atoms with Crippen LogP contribution in [0.25, 0.3) is 0 Å². The number of benzene rings is 2. The van der Waals surface area contributed by atoms with Crippen LogP contribution in [0.2, 0.25) is 0 Å². The molecular formula is C17H16F2N2O5S. The van der Waals surface area contributed by atoms with Crippen molar-refractivity contribution in [3.8, 4) is 0 Å². The van der Waals surface area contributed by atoms with E-state index in [1.807, 2.05) is 0 Å². The van der Waals surface area contributed by atoms with Crippen LogP contribution in [-0.4, -0.2) is 40.2 Å². The number of ether oxygens (including phenoxy) is 1. The van der Waals surface area contributed by atoms with Crippen molar-refractivity contribution >= 4 is 33.3 Å². The first-order valence-corrected chi connectivity index (χ1v) is 9.37. The van der Waals surface area contributed by atoms with Gasteiger partial charge in [-0.25, -0.2) is 22.0 Å². The number of anilines is 2. The Balaban J connectivity index is 2.18. The summed E-state index contributed by atoms with van der Waals surface area (Å²) in [5.41, 5.74) is 0.109. The van der Waals surface area contributed by atoms with Crippen LogP contribution in [0.3, 0.4) is 0 Å². The molecule has 0 saturated carbocycles. The van der Waals surface area contributed by atoms with E-state index >= 15 is 0 Å². The van der Waals surface area contributed by atoms with Gasteiger partial charge in [-0.05, 0) is 36.4 Å². The second-order valence-corrected chi connectivity index (χ2v) is 7.39. The second kappa shape index (κ2) is 8.12. The van der Waals surface area contributed by atoms with Crippen molar-refractivity contribution in [2.24, 2.45) is 0 Å². The number of hydrogen-bond acceptors (Lipinski definition) is 5. The Morgan fingerprint density at radius 2 is 1.74 bits per heavy atom. The monoisotopic (exact) mass is 398 g/mol. The standard InChI is InChI=1S/C17H16F2N2O5S/c1-26-17(23)11-3-6-13(7-4-11)20-16(22)10-21(27(2,24)25)15-8-5-12(18)9-14(15)19/h3-9H,10H2,1-2H3,(H,20,22). The quantitative estimate of drug-likeness (QED) is 0.753. The van der Waals surface area contributed by atoms with E-state index in [-0.39, 0.29) is 5.56 Å². The molecule has 144 valence electrons. The maximum atomic E-state index is 13.9. The Hall–Kier alpha value is -3.01. The van der Waals surface area contributed by atoms with Crippen LogP contribution in [0.5, 0.6) is 0 Å². The number of esters is 1. The first kappa shape index (κ1) is 20.3. The maximum Gasteiger partial charge on any atom is 0.337 e. The number of carbonyl (C=O) groups excluding carboxylic acids is 2. The van der Waals surface area contributed by atoms with Crippen LogP contribution in [-0.2, 0) is 19.6 Å². The molecule has 1 amide bonds. The molecule has 2 aromatic carbocycles. The lowest BCUT2D eigenvalue weighted by molar-refractivity contribution is -0.114. The minimum atomic E-state index is -4.01. The summed E-state index contributed by atoms with van der Waals surface area (Å²) >= 11 is 0. The van der Waals surface area contributed by atoms with Crippen LogP contribution < -0.4 is 9.62 Å². The predicted molar refractivity (Wildman–Crippen MR) is 95.0 cm³/mol. The molecule has 0 bridgehead atoms. The highest BCUT2D eigenvalue weighted by Gasteiger charge is 2.24. The van der Waals surface area contributed by atoms with E-state index in [1.165, 1.54) is 31.4 Å². The first-order chi connectivity index (χ1) is 12.6. The van der Waals surface area contributed by atoms with E-state index in [0.717, 1.165) is 18.4 Å². The topological polar surface area (TPSA) is 92.8 Å². The van der Waals surface area contributed by atoms with Gasteiger partial charge in [-0.2, -0.15) is 0 Å². The molecular weight excluding hydrogens is 382 g/mol. The van der Waals surface area contributed by atoms with Crippen LogP contribution in [0.15, 0.2) is 42.5 Å². The Morgan fingerprint density at radius 1 is 1.11 bits per heavy atom. The third-order valence-electron chi connectivity index (χ3n) is 3.46. The summed E-state index contributed by atoms with van der Waals surface area (Å²) in [7, 11) is -2.78. The number of rotatable bonds is 6. The fourth-order valence-electron chi connectivity index (χ4n) is 2.20. The normalized spacial score (nSPS) is 11.0. The molecule has 0 aliphatic rings. The van der Waals surface area contributed by atoms with Crippen molar-refractivity contribution in [2.75, 3.05) is 29.5 Å². The minimum Gasteiger partial charge on any atom is -0.465 e. The lowest BCUT2D eigenvalue weighted by Crippen LogP contribution is -2.38. The van der Waals surface area contributed by atoms with Crippen molar-refractivity contribution in [3.63, 3.8) is 0 Å². The molecule has 0 fully saturated rings. The van der Waals surface area contributed by atoms with E-state index < -0.39 is 45.8 Å². The van der Waals surface area contributed by atoms with Gasteiger partial charge in [0.1, 0.15) is 18.2 Å². The van der Waals surface area contributed by atoms with Gasteiger partial charge in [-0.3, -0.25) is 9.10 Å². The number of methoxy groups -OCH3 is 1. The largest absolute Gasteiger partial charge is 0.465 e. The lowest BCUT2D eigenvalue weighted by atomic mass is 10.2. The maximum absolute atomic E-state index is 13.9. The van der Waals surface area contributed by atoms with Crippen molar-refractivity contribution in [1.82, 2.24) is 0 Å². The van der Waals surface area contributed by atoms with Crippen molar-refractivity contribution in [1.29, 1.82) is 0 Å². The predicted octanol–water partition coefficient (Wildman–Crippen LogP) is 2.16. The summed E-state index contributed by atoms with van der Waals surface area (Å²) in [5, 5.41) is 2.44. The number of nitrogens with zero attached hydrogens (tertiary/aromatic N) is 1. The molecule has 10 heteroatoms. The zero-order chi connectivity index (χ0) is 20.2. The Labute approximate surface area is 154 Å². The molecule has 0 heterocycles. The zero-order valence-electron chi connectivity index (χ0n) is 14.4. The van der Waals surface area contributed by atoms with Crippen LogP contribution in [0, 0.1) is 11.6 Å².